The molecular weight excluding hydrogens is 416 g/mol. The molecule has 184 valence electrons. The molecule has 6 aliphatic rings. The molecule has 0 saturated carbocycles. The molecule has 34 heavy (non-hydrogen) atoms. The van der Waals surface area contributed by atoms with Crippen molar-refractivity contribution in [2.24, 2.45) is 0 Å². The molecule has 2 N–H and O–H groups in total. The highest BCUT2D eigenvalue weighted by molar-refractivity contribution is 5.28. The van der Waals surface area contributed by atoms with Crippen molar-refractivity contribution in [1.82, 2.24) is 20.4 Å². The van der Waals surface area contributed by atoms with Gasteiger partial charge in [-0.15, -0.1) is 0 Å². The van der Waals surface area contributed by atoms with Crippen molar-refractivity contribution in [3.05, 3.63) is 71.8 Å². The summed E-state index contributed by atoms with van der Waals surface area (Å²) in [6.45, 7) is 11.8. The van der Waals surface area contributed by atoms with Gasteiger partial charge in [-0.2, -0.15) is 0 Å². The van der Waals surface area contributed by atoms with Crippen LogP contribution in [0.2, 0.25) is 0 Å². The van der Waals surface area contributed by atoms with E-state index in [1.54, 1.807) is 0 Å². The van der Waals surface area contributed by atoms with Gasteiger partial charge in [0.2, 0.25) is 0 Å². The standard InChI is InChI=1S/C30H44N4/c1-3-9-27(10-4-1)29-13-21-33(22-14-29)19-8-18-32-26-30(28-11-5-2-6-12-28)15-23-34(24-16-30)20-7-17-31-25-29/h1-6,9-12,31-32H,7-8,13-26H2. The van der Waals surface area contributed by atoms with Crippen LogP contribution in [0, 0.1) is 0 Å². The summed E-state index contributed by atoms with van der Waals surface area (Å²) in [6.07, 6.45) is 7.55. The molecule has 0 atom stereocenters. The van der Waals surface area contributed by atoms with Gasteiger partial charge in [-0.25, -0.2) is 0 Å². The molecule has 0 unspecified atom stereocenters. The number of nitrogens with zero attached hydrogens (tertiary/aromatic N) is 2. The molecule has 0 radical (unpaired) electrons. The minimum absolute atomic E-state index is 0.294. The van der Waals surface area contributed by atoms with Crippen LogP contribution in [0.15, 0.2) is 60.7 Å². The summed E-state index contributed by atoms with van der Waals surface area (Å²) in [5.41, 5.74) is 3.65. The van der Waals surface area contributed by atoms with Crippen molar-refractivity contribution in [1.29, 1.82) is 0 Å². The molecule has 4 nitrogen and oxygen atoms in total. The van der Waals surface area contributed by atoms with E-state index in [2.05, 4.69) is 81.1 Å². The molecule has 4 heteroatoms. The van der Waals surface area contributed by atoms with Crippen LogP contribution in [0.5, 0.6) is 0 Å². The van der Waals surface area contributed by atoms with Gasteiger partial charge < -0.3 is 20.4 Å². The lowest BCUT2D eigenvalue weighted by molar-refractivity contribution is 0.142. The quantitative estimate of drug-likeness (QED) is 0.709. The van der Waals surface area contributed by atoms with Gasteiger partial charge in [0, 0.05) is 23.9 Å². The number of rotatable bonds is 2. The van der Waals surface area contributed by atoms with Gasteiger partial charge in [-0.1, -0.05) is 60.7 Å². The van der Waals surface area contributed by atoms with Gasteiger partial charge in [0.05, 0.1) is 0 Å². The summed E-state index contributed by atoms with van der Waals surface area (Å²) in [5, 5.41) is 7.78. The highest BCUT2D eigenvalue weighted by Crippen LogP contribution is 2.36. The zero-order valence-electron chi connectivity index (χ0n) is 21.0. The molecule has 6 heterocycles. The largest absolute Gasteiger partial charge is 0.316 e. The summed E-state index contributed by atoms with van der Waals surface area (Å²) in [6, 6.07) is 22.6. The smallest absolute Gasteiger partial charge is 0.0102 e. The van der Waals surface area contributed by atoms with Crippen molar-refractivity contribution >= 4 is 0 Å². The Labute approximate surface area is 207 Å². The third kappa shape index (κ3) is 5.57. The number of hydrogen-bond acceptors (Lipinski definition) is 4. The van der Waals surface area contributed by atoms with Crippen LogP contribution in [-0.2, 0) is 10.8 Å². The van der Waals surface area contributed by atoms with Crippen LogP contribution in [0.4, 0.5) is 0 Å². The first-order chi connectivity index (χ1) is 16.8. The highest BCUT2D eigenvalue weighted by atomic mass is 15.1. The van der Waals surface area contributed by atoms with Crippen LogP contribution in [0.1, 0.15) is 49.7 Å². The van der Waals surface area contributed by atoms with Crippen LogP contribution < -0.4 is 10.6 Å². The second kappa shape index (κ2) is 11.3. The molecule has 2 aromatic carbocycles. The molecule has 6 aliphatic heterocycles. The van der Waals surface area contributed by atoms with Crippen LogP contribution in [-0.4, -0.2) is 75.2 Å². The molecule has 6 fully saturated rings. The first-order valence-corrected chi connectivity index (χ1v) is 13.8. The van der Waals surface area contributed by atoms with E-state index >= 15 is 0 Å². The fourth-order valence-corrected chi connectivity index (χ4v) is 6.64. The Morgan fingerprint density at radius 1 is 0.500 bits per heavy atom. The summed E-state index contributed by atoms with van der Waals surface area (Å²) in [5.74, 6) is 0. The van der Waals surface area contributed by atoms with Crippen LogP contribution in [0.25, 0.3) is 0 Å². The maximum Gasteiger partial charge on any atom is 0.0102 e. The van der Waals surface area contributed by atoms with E-state index in [-0.39, 0.29) is 0 Å². The molecule has 4 bridgehead atoms. The van der Waals surface area contributed by atoms with Crippen LogP contribution >= 0.6 is 0 Å². The van der Waals surface area contributed by atoms with E-state index in [0.717, 1.165) is 26.2 Å². The fraction of sp³-hybridized carbons (Fsp3) is 0.600. The molecule has 0 amide bonds. The average Bonchev–Trinajstić information content (AvgIpc) is 2.91. The van der Waals surface area contributed by atoms with Crippen molar-refractivity contribution in [3.63, 3.8) is 0 Å². The molecular formula is C30H44N4. The van der Waals surface area contributed by atoms with E-state index in [4.69, 9.17) is 0 Å². The predicted molar refractivity (Wildman–Crippen MR) is 143 cm³/mol. The zero-order valence-corrected chi connectivity index (χ0v) is 21.0. The summed E-state index contributed by atoms with van der Waals surface area (Å²) in [7, 11) is 0. The van der Waals surface area contributed by atoms with E-state index < -0.39 is 0 Å². The maximum atomic E-state index is 3.89. The summed E-state index contributed by atoms with van der Waals surface area (Å²) >= 11 is 0. The molecule has 0 aromatic heterocycles. The molecule has 0 aliphatic carbocycles. The number of benzene rings is 2. The number of nitrogens with one attached hydrogen (secondary N) is 2. The SMILES string of the molecule is c1ccc(C23CCN(CCCNCC4(c5ccccc5)CCN(CCCNC2)CC4)CC3)cc1. The van der Waals surface area contributed by atoms with Gasteiger partial charge in [0.15, 0.2) is 0 Å². The second-order valence-electron chi connectivity index (χ2n) is 11.0. The Kier molecular flexibility index (Phi) is 8.01. The monoisotopic (exact) mass is 460 g/mol. The van der Waals surface area contributed by atoms with E-state index in [1.807, 2.05) is 0 Å². The third-order valence-electron chi connectivity index (χ3n) is 8.98. The van der Waals surface area contributed by atoms with E-state index in [9.17, 15) is 0 Å². The molecule has 0 spiro atoms. The summed E-state index contributed by atoms with van der Waals surface area (Å²) < 4.78 is 0. The lowest BCUT2D eigenvalue weighted by Gasteiger charge is -2.44. The van der Waals surface area contributed by atoms with Crippen molar-refractivity contribution < 1.29 is 0 Å². The topological polar surface area (TPSA) is 30.5 Å². The fourth-order valence-electron chi connectivity index (χ4n) is 6.64. The predicted octanol–water partition coefficient (Wildman–Crippen LogP) is 4.03. The first kappa shape index (κ1) is 24.0. The Morgan fingerprint density at radius 3 is 1.26 bits per heavy atom. The van der Waals surface area contributed by atoms with E-state index in [0.29, 0.717) is 10.8 Å². The number of piperidine rings is 2. The van der Waals surface area contributed by atoms with Gasteiger partial charge in [-0.3, -0.25) is 0 Å². The Hall–Kier alpha value is -1.72. The molecule has 6 saturated heterocycles. The Bertz CT molecular complexity index is 778. The zero-order chi connectivity index (χ0) is 23.1. The lowest BCUT2D eigenvalue weighted by Crippen LogP contribution is -2.50. The van der Waals surface area contributed by atoms with Gasteiger partial charge >= 0.3 is 0 Å². The van der Waals surface area contributed by atoms with Gasteiger partial charge in [0.25, 0.3) is 0 Å². The lowest BCUT2D eigenvalue weighted by atomic mass is 9.72. The second-order valence-corrected chi connectivity index (χ2v) is 11.0. The Morgan fingerprint density at radius 2 is 0.882 bits per heavy atom. The summed E-state index contributed by atoms with van der Waals surface area (Å²) in [4.78, 5) is 5.41. The Balaban J connectivity index is 1.26. The minimum Gasteiger partial charge on any atom is -0.316 e. The van der Waals surface area contributed by atoms with Crippen molar-refractivity contribution in [2.75, 3.05) is 65.4 Å². The molecule has 2 aromatic rings. The van der Waals surface area contributed by atoms with Crippen molar-refractivity contribution in [2.45, 2.75) is 49.4 Å². The molecule has 8 rings (SSSR count). The maximum absolute atomic E-state index is 3.89. The normalized spacial score (nSPS) is 33.8. The third-order valence-corrected chi connectivity index (χ3v) is 8.98. The highest BCUT2D eigenvalue weighted by Gasteiger charge is 2.37. The average molecular weight is 461 g/mol. The first-order valence-electron chi connectivity index (χ1n) is 13.8. The van der Waals surface area contributed by atoms with E-state index in [1.165, 1.54) is 88.9 Å². The van der Waals surface area contributed by atoms with Gasteiger partial charge in [-0.05, 0) is 102 Å². The minimum atomic E-state index is 0.294. The van der Waals surface area contributed by atoms with Crippen molar-refractivity contribution in [3.8, 4) is 0 Å². The van der Waals surface area contributed by atoms with Crippen LogP contribution in [0.3, 0.4) is 0 Å². The number of hydrogen-bond donors (Lipinski definition) is 2. The van der Waals surface area contributed by atoms with Gasteiger partial charge in [0.1, 0.15) is 0 Å².